The van der Waals surface area contributed by atoms with Gasteiger partial charge in [-0.25, -0.2) is 5.26 Å². The number of rotatable bonds is 1. The van der Waals surface area contributed by atoms with Gasteiger partial charge in [-0.15, -0.1) is 0 Å². The van der Waals surface area contributed by atoms with Crippen LogP contribution in [-0.4, -0.2) is 53.1 Å². The van der Waals surface area contributed by atoms with E-state index in [1.54, 1.807) is 0 Å². The molecule has 1 atom stereocenters. The van der Waals surface area contributed by atoms with Crippen LogP contribution in [-0.2, 0) is 23.1 Å². The molecule has 0 aliphatic carbocycles. The van der Waals surface area contributed by atoms with Crippen molar-refractivity contribution in [2.45, 2.75) is 12.8 Å². The maximum Gasteiger partial charge on any atom is 0.521 e. The highest BCUT2D eigenvalue weighted by molar-refractivity contribution is 7.56. The maximum atomic E-state index is 9.77. The summed E-state index contributed by atoms with van der Waals surface area (Å²) < 4.78 is 35.7. The van der Waals surface area contributed by atoms with E-state index in [2.05, 4.69) is 4.67 Å². The van der Waals surface area contributed by atoms with E-state index in [-0.39, 0.29) is 1.43 Å². The van der Waals surface area contributed by atoms with Gasteiger partial charge in [-0.2, -0.15) is 0 Å². The minimum Gasteiger partial charge on any atom is -0.565 e. The molecule has 1 rings (SSSR count). The van der Waals surface area contributed by atoms with Crippen LogP contribution in [0.5, 0.6) is 0 Å². The lowest BCUT2D eigenvalue weighted by Crippen LogP contribution is -1.84. The van der Waals surface area contributed by atoms with Crippen LogP contribution in [0.3, 0.4) is 0 Å². The summed E-state index contributed by atoms with van der Waals surface area (Å²) in [6, 6.07) is 0. The van der Waals surface area contributed by atoms with Crippen LogP contribution in [0.4, 0.5) is 0 Å². The molecule has 4 N–H and O–H groups in total. The Labute approximate surface area is 119 Å². The molecule has 126 valence electrons. The van der Waals surface area contributed by atoms with E-state index in [4.69, 9.17) is 34.1 Å². The van der Waals surface area contributed by atoms with Gasteiger partial charge in [0.15, 0.2) is 7.37 Å². The molecule has 0 radical (unpaired) electrons. The summed E-state index contributed by atoms with van der Waals surface area (Å²) >= 11 is 0. The van der Waals surface area contributed by atoms with E-state index < -0.39 is 23.2 Å². The Kier molecular flexibility index (Phi) is 18.0. The van der Waals surface area contributed by atoms with E-state index >= 15 is 0 Å². The van der Waals surface area contributed by atoms with E-state index in [0.717, 1.165) is 19.9 Å². The minimum atomic E-state index is -3.64. The fraction of sp³-hybridized carbons (Fsp3) is 1.00. The van der Waals surface area contributed by atoms with Crippen LogP contribution in [0, 0.1) is 0 Å². The molecule has 0 spiro atoms. The van der Waals surface area contributed by atoms with E-state index in [1.807, 2.05) is 0 Å². The fourth-order valence-electron chi connectivity index (χ4n) is 0.510. The first-order valence-corrected chi connectivity index (χ1v) is 10.8. The molecule has 1 heterocycles. The molecule has 10 nitrogen and oxygen atoms in total. The molecule has 1 saturated heterocycles. The van der Waals surface area contributed by atoms with Crippen molar-refractivity contribution in [2.24, 2.45) is 0 Å². The zero-order chi connectivity index (χ0) is 16.8. The predicted octanol–water partition coefficient (Wildman–Crippen LogP) is 0.847. The highest BCUT2D eigenvalue weighted by Crippen LogP contribution is 2.27. The minimum absolute atomic E-state index is 0. The van der Waals surface area contributed by atoms with Crippen LogP contribution in [0.25, 0.3) is 0 Å². The van der Waals surface area contributed by atoms with E-state index in [9.17, 15) is 9.13 Å². The van der Waals surface area contributed by atoms with Gasteiger partial charge >= 0.3 is 15.9 Å². The van der Waals surface area contributed by atoms with Crippen LogP contribution >= 0.6 is 23.2 Å². The average molecular weight is 360 g/mol. The summed E-state index contributed by atoms with van der Waals surface area (Å²) in [6.45, 7) is 5.45. The molecule has 0 saturated carbocycles. The monoisotopic (exact) mass is 360 g/mol. The second kappa shape index (κ2) is 14.2. The summed E-state index contributed by atoms with van der Waals surface area (Å²) in [4.78, 5) is 32.3. The topological polar surface area (TPSA) is 174 Å². The standard InChI is InChI=1S/C4H8O.C2H7O2P.CH5O3P.HO4P.H2/c1-2-4-5-3-1;2*1-5(2,3)4;1-4-5(2)3;/h1-4H2;1-2H3,(H,3,4);1H3,(H2,2,3,4);1H;1H. The van der Waals surface area contributed by atoms with Crippen molar-refractivity contribution in [3.63, 3.8) is 0 Å². The van der Waals surface area contributed by atoms with Gasteiger partial charge in [-0.1, -0.05) is 0 Å². The van der Waals surface area contributed by atoms with Crippen molar-refractivity contribution in [3.05, 3.63) is 0 Å². The lowest BCUT2D eigenvalue weighted by atomic mass is 10.4. The largest absolute Gasteiger partial charge is 0.565 e. The molecule has 0 aromatic heterocycles. The van der Waals surface area contributed by atoms with Crippen LogP contribution in [0.2, 0.25) is 0 Å². The zero-order valence-electron chi connectivity index (χ0n) is 11.4. The maximum absolute atomic E-state index is 9.77. The van der Waals surface area contributed by atoms with Gasteiger partial charge in [0.25, 0.3) is 0 Å². The summed E-state index contributed by atoms with van der Waals surface area (Å²) in [5.74, 6) is 0. The molecule has 1 aliphatic heterocycles. The average Bonchev–Trinajstić information content (AvgIpc) is 2.69. The molecule has 0 aromatic carbocycles. The molecule has 1 aliphatic rings. The van der Waals surface area contributed by atoms with Gasteiger partial charge in [-0.3, -0.25) is 9.13 Å². The van der Waals surface area contributed by atoms with Crippen LogP contribution < -0.4 is 4.89 Å². The van der Waals surface area contributed by atoms with Gasteiger partial charge in [0.2, 0.25) is 0 Å². The number of hydrogen-bond acceptors (Lipinski definition) is 7. The zero-order valence-corrected chi connectivity index (χ0v) is 14.1. The molecule has 1 unspecified atom stereocenters. The number of ether oxygens (including phenoxy) is 1. The van der Waals surface area contributed by atoms with Gasteiger partial charge in [0.05, 0.1) is 0 Å². The Hall–Kier alpha value is 0.280. The summed E-state index contributed by atoms with van der Waals surface area (Å²) in [5.41, 5.74) is 0. The van der Waals surface area contributed by atoms with Gasteiger partial charge in [-0.05, 0) is 17.4 Å². The smallest absolute Gasteiger partial charge is 0.521 e. The molecule has 1 fully saturated rings. The van der Waals surface area contributed by atoms with E-state index in [1.165, 1.54) is 26.2 Å². The van der Waals surface area contributed by atoms with Crippen molar-refractivity contribution in [2.75, 3.05) is 33.2 Å². The highest BCUT2D eigenvalue weighted by Gasteiger charge is 1.96. The van der Waals surface area contributed by atoms with Gasteiger partial charge in [0, 0.05) is 39.3 Å². The van der Waals surface area contributed by atoms with Crippen molar-refractivity contribution < 1.29 is 49.4 Å². The summed E-state index contributed by atoms with van der Waals surface area (Å²) in [7, 11) is -9.32. The molecule has 0 amide bonds. The Balaban J connectivity index is -0.0000000903. The second-order valence-electron chi connectivity index (χ2n) is 3.75. The van der Waals surface area contributed by atoms with Gasteiger partial charge in [0.1, 0.15) is 0 Å². The first kappa shape index (κ1) is 25.2. The van der Waals surface area contributed by atoms with Crippen molar-refractivity contribution in [1.82, 2.24) is 0 Å². The van der Waals surface area contributed by atoms with Crippen molar-refractivity contribution in [3.8, 4) is 0 Å². The van der Waals surface area contributed by atoms with Crippen LogP contribution in [0.1, 0.15) is 14.3 Å². The third-order valence-electron chi connectivity index (χ3n) is 0.894. The lowest BCUT2D eigenvalue weighted by molar-refractivity contribution is -0.244. The Morgan fingerprint density at radius 1 is 1.15 bits per heavy atom. The first-order valence-electron chi connectivity index (χ1n) is 5.11. The normalized spacial score (nSPS) is 14.7. The summed E-state index contributed by atoms with van der Waals surface area (Å²) in [6.07, 6.45) is 2.56. The Bertz CT molecular complexity index is 278. The molecular formula is C7H23O10P3. The first-order chi connectivity index (χ1) is 8.77. The van der Waals surface area contributed by atoms with Gasteiger partial charge < -0.3 is 24.3 Å². The third kappa shape index (κ3) is 103. The molecule has 0 bridgehead atoms. The SMILES string of the molecule is C1CCOC1.CP(=O)(O)O.CP(C)(=O)O.O=[P+]([O-])OO.[HH]. The molecule has 0 aromatic rings. The predicted molar refractivity (Wildman–Crippen MR) is 73.1 cm³/mol. The molecule has 20 heavy (non-hydrogen) atoms. The Morgan fingerprint density at radius 2 is 1.35 bits per heavy atom. The number of hydrogen-bond donors (Lipinski definition) is 4. The third-order valence-corrected chi connectivity index (χ3v) is 1.03. The summed E-state index contributed by atoms with van der Waals surface area (Å²) in [5, 5.41) is 7.05. The van der Waals surface area contributed by atoms with Crippen molar-refractivity contribution >= 4 is 23.2 Å². The quantitative estimate of drug-likeness (QED) is 0.298. The lowest BCUT2D eigenvalue weighted by Gasteiger charge is -1.86. The van der Waals surface area contributed by atoms with E-state index in [0.29, 0.717) is 0 Å². The van der Waals surface area contributed by atoms with Crippen LogP contribution in [0.15, 0.2) is 0 Å². The second-order valence-corrected chi connectivity index (χ2v) is 8.62. The molecule has 13 heteroatoms. The highest BCUT2D eigenvalue weighted by atomic mass is 31.2. The van der Waals surface area contributed by atoms with Crippen molar-refractivity contribution in [1.29, 1.82) is 0 Å². The fourth-order valence-corrected chi connectivity index (χ4v) is 0.510. The molecular weight excluding hydrogens is 337 g/mol. The Morgan fingerprint density at radius 3 is 1.40 bits per heavy atom.